The SMILES string of the molecule is COc1cc(C(=O)O)ccc1NS(=O)(=O)c1ccc(-c2ccccc2C(F)(F)F)s1. The van der Waals surface area contributed by atoms with Crippen LogP contribution in [0, 0.1) is 0 Å². The number of aromatic carboxylic acids is 1. The summed E-state index contributed by atoms with van der Waals surface area (Å²) in [7, 11) is -2.91. The number of carboxylic acid groups (broad SMARTS) is 1. The van der Waals surface area contributed by atoms with Crippen molar-refractivity contribution >= 4 is 33.0 Å². The molecule has 1 aromatic heterocycles. The molecule has 0 bridgehead atoms. The number of halogens is 3. The molecule has 0 spiro atoms. The third kappa shape index (κ3) is 4.41. The molecule has 3 aromatic rings. The Hall–Kier alpha value is -3.05. The van der Waals surface area contributed by atoms with Crippen LogP contribution < -0.4 is 9.46 Å². The molecule has 1 heterocycles. The molecule has 0 radical (unpaired) electrons. The van der Waals surface area contributed by atoms with Crippen molar-refractivity contribution in [3.63, 3.8) is 0 Å². The standard InChI is InChI=1S/C19H14F3NO5S2/c1-28-15-10-11(18(24)25)6-7-14(15)23-30(26,27)17-9-8-16(29-17)12-4-2-3-5-13(12)19(20,21)22/h2-10,23H,1H3,(H,24,25). The zero-order valence-electron chi connectivity index (χ0n) is 15.2. The van der Waals surface area contributed by atoms with Gasteiger partial charge in [0.15, 0.2) is 0 Å². The smallest absolute Gasteiger partial charge is 0.417 e. The first-order chi connectivity index (χ1) is 14.0. The number of benzene rings is 2. The summed E-state index contributed by atoms with van der Waals surface area (Å²) in [6, 6.07) is 11.0. The fourth-order valence-corrected chi connectivity index (χ4v) is 5.07. The molecular formula is C19H14F3NO5S2. The van der Waals surface area contributed by atoms with E-state index in [9.17, 15) is 26.4 Å². The highest BCUT2D eigenvalue weighted by Crippen LogP contribution is 2.40. The minimum absolute atomic E-state index is 0.00635. The first-order valence-corrected chi connectivity index (χ1v) is 10.5. The molecule has 2 aromatic carbocycles. The fourth-order valence-electron chi connectivity index (χ4n) is 2.66. The summed E-state index contributed by atoms with van der Waals surface area (Å²) in [4.78, 5) is 11.2. The lowest BCUT2D eigenvalue weighted by Crippen LogP contribution is -2.12. The number of carbonyl (C=O) groups is 1. The van der Waals surface area contributed by atoms with Crippen LogP contribution in [0.4, 0.5) is 18.9 Å². The third-order valence-corrected chi connectivity index (χ3v) is 7.01. The Balaban J connectivity index is 1.96. The van der Waals surface area contributed by atoms with Crippen LogP contribution in [0.1, 0.15) is 15.9 Å². The first kappa shape index (κ1) is 21.7. The van der Waals surface area contributed by atoms with Gasteiger partial charge in [-0.25, -0.2) is 13.2 Å². The van der Waals surface area contributed by atoms with E-state index in [0.717, 1.165) is 12.1 Å². The summed E-state index contributed by atoms with van der Waals surface area (Å²) in [5.74, 6) is -1.23. The number of hydrogen-bond donors (Lipinski definition) is 2. The summed E-state index contributed by atoms with van der Waals surface area (Å²) < 4.78 is 72.3. The maximum atomic E-state index is 13.3. The van der Waals surface area contributed by atoms with Crippen molar-refractivity contribution in [1.82, 2.24) is 0 Å². The minimum Gasteiger partial charge on any atom is -0.495 e. The average molecular weight is 457 g/mol. The summed E-state index contributed by atoms with van der Waals surface area (Å²) in [6.45, 7) is 0. The van der Waals surface area contributed by atoms with Gasteiger partial charge in [-0.3, -0.25) is 4.72 Å². The van der Waals surface area contributed by atoms with Gasteiger partial charge in [0, 0.05) is 10.4 Å². The predicted octanol–water partition coefficient (Wildman–Crippen LogP) is 4.94. The van der Waals surface area contributed by atoms with Crippen molar-refractivity contribution in [1.29, 1.82) is 0 Å². The minimum atomic E-state index is -4.59. The molecule has 0 aliphatic heterocycles. The Morgan fingerprint density at radius 2 is 1.80 bits per heavy atom. The van der Waals surface area contributed by atoms with Crippen LogP contribution in [0.15, 0.2) is 58.8 Å². The number of carboxylic acids is 1. The number of hydrogen-bond acceptors (Lipinski definition) is 5. The molecule has 158 valence electrons. The van der Waals surface area contributed by atoms with Crippen LogP contribution in [-0.2, 0) is 16.2 Å². The highest BCUT2D eigenvalue weighted by atomic mass is 32.2. The van der Waals surface area contributed by atoms with Crippen molar-refractivity contribution < 1.29 is 36.2 Å². The molecule has 30 heavy (non-hydrogen) atoms. The van der Waals surface area contributed by atoms with E-state index in [4.69, 9.17) is 9.84 Å². The first-order valence-electron chi connectivity index (χ1n) is 8.23. The van der Waals surface area contributed by atoms with Crippen LogP contribution in [0.5, 0.6) is 5.75 Å². The van der Waals surface area contributed by atoms with Gasteiger partial charge in [0.25, 0.3) is 10.0 Å². The summed E-state index contributed by atoms with van der Waals surface area (Å²) in [5, 5.41) is 9.02. The maximum Gasteiger partial charge on any atom is 0.417 e. The van der Waals surface area contributed by atoms with Gasteiger partial charge in [0.05, 0.1) is 23.9 Å². The van der Waals surface area contributed by atoms with Gasteiger partial charge < -0.3 is 9.84 Å². The van der Waals surface area contributed by atoms with Gasteiger partial charge >= 0.3 is 12.1 Å². The van der Waals surface area contributed by atoms with E-state index >= 15 is 0 Å². The lowest BCUT2D eigenvalue weighted by atomic mass is 10.1. The van der Waals surface area contributed by atoms with Crippen LogP contribution in [0.2, 0.25) is 0 Å². The molecule has 0 amide bonds. The second-order valence-corrected chi connectivity index (χ2v) is 8.98. The van der Waals surface area contributed by atoms with Gasteiger partial charge in [0.2, 0.25) is 0 Å². The molecule has 0 fully saturated rings. The second-order valence-electron chi connectivity index (χ2n) is 5.99. The predicted molar refractivity (Wildman–Crippen MR) is 106 cm³/mol. The average Bonchev–Trinajstić information content (AvgIpc) is 3.18. The summed E-state index contributed by atoms with van der Waals surface area (Å²) >= 11 is 0.679. The van der Waals surface area contributed by atoms with Crippen molar-refractivity contribution in [3.05, 3.63) is 65.7 Å². The molecule has 0 saturated heterocycles. The molecule has 6 nitrogen and oxygen atoms in total. The molecular weight excluding hydrogens is 443 g/mol. The normalized spacial score (nSPS) is 11.9. The Kier molecular flexibility index (Phi) is 5.77. The highest BCUT2D eigenvalue weighted by molar-refractivity contribution is 7.94. The molecule has 3 rings (SSSR count). The van der Waals surface area contributed by atoms with Crippen LogP contribution in [-0.4, -0.2) is 26.6 Å². The Morgan fingerprint density at radius 1 is 1.10 bits per heavy atom. The number of sulfonamides is 1. The topological polar surface area (TPSA) is 92.7 Å². The van der Waals surface area contributed by atoms with Gasteiger partial charge in [-0.05, 0) is 36.4 Å². The van der Waals surface area contributed by atoms with E-state index in [1.165, 1.54) is 49.6 Å². The lowest BCUT2D eigenvalue weighted by molar-refractivity contribution is -0.137. The van der Waals surface area contributed by atoms with Crippen LogP contribution in [0.25, 0.3) is 10.4 Å². The molecule has 0 unspecified atom stereocenters. The van der Waals surface area contributed by atoms with Crippen molar-refractivity contribution in [2.24, 2.45) is 0 Å². The second kappa shape index (κ2) is 8.00. The number of nitrogens with one attached hydrogen (secondary N) is 1. The van der Waals surface area contributed by atoms with Gasteiger partial charge in [-0.1, -0.05) is 18.2 Å². The Labute approximate surface area is 173 Å². The van der Waals surface area contributed by atoms with Crippen molar-refractivity contribution in [2.75, 3.05) is 11.8 Å². The van der Waals surface area contributed by atoms with Gasteiger partial charge in [-0.2, -0.15) is 13.2 Å². The van der Waals surface area contributed by atoms with E-state index in [1.54, 1.807) is 0 Å². The molecule has 11 heteroatoms. The monoisotopic (exact) mass is 457 g/mol. The van der Waals surface area contributed by atoms with Gasteiger partial charge in [-0.15, -0.1) is 11.3 Å². The number of thiophene rings is 1. The molecule has 0 aliphatic rings. The Bertz CT molecular complexity index is 1200. The van der Waals surface area contributed by atoms with E-state index < -0.39 is 27.7 Å². The molecule has 0 saturated carbocycles. The van der Waals surface area contributed by atoms with Gasteiger partial charge in [0.1, 0.15) is 9.96 Å². The largest absolute Gasteiger partial charge is 0.495 e. The Morgan fingerprint density at radius 3 is 2.43 bits per heavy atom. The third-order valence-electron chi connectivity index (χ3n) is 4.04. The quantitative estimate of drug-likeness (QED) is 0.547. The van der Waals surface area contributed by atoms with Crippen LogP contribution in [0.3, 0.4) is 0 Å². The van der Waals surface area contributed by atoms with Crippen LogP contribution >= 0.6 is 11.3 Å². The molecule has 2 N–H and O–H groups in total. The van der Waals surface area contributed by atoms with E-state index in [1.807, 2.05) is 0 Å². The highest BCUT2D eigenvalue weighted by Gasteiger charge is 2.34. The zero-order valence-corrected chi connectivity index (χ0v) is 16.9. The van der Waals surface area contributed by atoms with E-state index in [2.05, 4.69) is 4.72 Å². The van der Waals surface area contributed by atoms with Crippen molar-refractivity contribution in [3.8, 4) is 16.2 Å². The maximum absolute atomic E-state index is 13.3. The fraction of sp³-hybridized carbons (Fsp3) is 0.105. The van der Waals surface area contributed by atoms with E-state index in [-0.39, 0.29) is 31.7 Å². The molecule has 0 atom stereocenters. The summed E-state index contributed by atoms with van der Waals surface area (Å²) in [6.07, 6.45) is -4.59. The number of alkyl halides is 3. The lowest BCUT2D eigenvalue weighted by Gasteiger charge is -2.12. The zero-order chi connectivity index (χ0) is 22.1. The summed E-state index contributed by atoms with van der Waals surface area (Å²) in [5.41, 5.74) is -1.10. The van der Waals surface area contributed by atoms with Crippen molar-refractivity contribution in [2.45, 2.75) is 10.4 Å². The number of ether oxygens (including phenoxy) is 1. The number of anilines is 1. The number of methoxy groups -OCH3 is 1. The van der Waals surface area contributed by atoms with E-state index in [0.29, 0.717) is 11.3 Å². The molecule has 0 aliphatic carbocycles. The number of rotatable bonds is 6.